The predicted octanol–water partition coefficient (Wildman–Crippen LogP) is 3.83. The molecule has 0 aromatic heterocycles. The second-order valence-electron chi connectivity index (χ2n) is 4.71. The zero-order chi connectivity index (χ0) is 13.7. The highest BCUT2D eigenvalue weighted by molar-refractivity contribution is 7.81. The van der Waals surface area contributed by atoms with Crippen LogP contribution in [-0.4, -0.2) is 11.2 Å². The summed E-state index contributed by atoms with van der Waals surface area (Å²) in [5.74, 6) is 0.0620. The predicted molar refractivity (Wildman–Crippen MR) is 82.6 cm³/mol. The third-order valence-electron chi connectivity index (χ3n) is 3.04. The molecule has 0 aliphatic carbocycles. The Labute approximate surface area is 119 Å². The van der Waals surface area contributed by atoms with Crippen LogP contribution in [0, 0.1) is 5.92 Å². The lowest BCUT2D eigenvalue weighted by molar-refractivity contribution is -0.110. The maximum atomic E-state index is 10.6. The molecule has 0 saturated carbocycles. The molecule has 1 unspecified atom stereocenters. The van der Waals surface area contributed by atoms with Crippen LogP contribution in [-0.2, 0) is 11.2 Å². The van der Waals surface area contributed by atoms with E-state index in [-0.39, 0.29) is 5.92 Å². The van der Waals surface area contributed by atoms with Crippen molar-refractivity contribution >= 4 is 23.4 Å². The molecule has 0 saturated heterocycles. The number of aldehydes is 1. The van der Waals surface area contributed by atoms with Gasteiger partial charge in [0.25, 0.3) is 0 Å². The molecule has 1 nitrogen and oxygen atoms in total. The summed E-state index contributed by atoms with van der Waals surface area (Å²) >= 11 is 5.48. The van der Waals surface area contributed by atoms with E-state index in [0.717, 1.165) is 28.7 Å². The Balaban J connectivity index is 2.14. The van der Waals surface area contributed by atoms with Crippen molar-refractivity contribution < 1.29 is 4.79 Å². The van der Waals surface area contributed by atoms with Crippen LogP contribution in [0.4, 0.5) is 0 Å². The van der Waals surface area contributed by atoms with Gasteiger partial charge in [-0.15, -0.1) is 0 Å². The molecule has 19 heavy (non-hydrogen) atoms. The molecule has 0 fully saturated rings. The molecule has 96 valence electrons. The smallest absolute Gasteiger partial charge is 0.123 e. The zero-order valence-corrected chi connectivity index (χ0v) is 11.7. The number of hydrogen-bond donors (Lipinski definition) is 0. The van der Waals surface area contributed by atoms with E-state index in [0.29, 0.717) is 0 Å². The second kappa shape index (κ2) is 6.39. The van der Waals surface area contributed by atoms with E-state index >= 15 is 0 Å². The van der Waals surface area contributed by atoms with Crippen molar-refractivity contribution in [1.29, 1.82) is 0 Å². The number of hydrogen-bond acceptors (Lipinski definition) is 2. The third kappa shape index (κ3) is 3.58. The number of benzene rings is 2. The Morgan fingerprint density at radius 3 is 2.21 bits per heavy atom. The quantitative estimate of drug-likeness (QED) is 0.466. The number of rotatable bonds is 5. The number of carbonyl (C=O) groups excluding carboxylic acids is 1. The molecule has 0 amide bonds. The van der Waals surface area contributed by atoms with Crippen LogP contribution >= 0.6 is 12.2 Å². The summed E-state index contributed by atoms with van der Waals surface area (Å²) in [4.78, 5) is 11.5. The topological polar surface area (TPSA) is 17.1 Å². The van der Waals surface area contributed by atoms with Crippen LogP contribution in [0.2, 0.25) is 0 Å². The lowest BCUT2D eigenvalue weighted by Gasteiger charge is -2.07. The summed E-state index contributed by atoms with van der Waals surface area (Å²) in [6.45, 7) is 1.93. The van der Waals surface area contributed by atoms with Crippen molar-refractivity contribution in [2.24, 2.45) is 5.92 Å². The van der Waals surface area contributed by atoms with Gasteiger partial charge < -0.3 is 4.79 Å². The maximum Gasteiger partial charge on any atom is 0.123 e. The van der Waals surface area contributed by atoms with E-state index in [2.05, 4.69) is 0 Å². The minimum atomic E-state index is 0.0620. The molecule has 2 aromatic rings. The fourth-order valence-corrected chi connectivity index (χ4v) is 2.24. The van der Waals surface area contributed by atoms with Gasteiger partial charge in [0.1, 0.15) is 6.29 Å². The van der Waals surface area contributed by atoms with Gasteiger partial charge in [-0.3, -0.25) is 0 Å². The second-order valence-corrected chi connectivity index (χ2v) is 5.12. The summed E-state index contributed by atoms with van der Waals surface area (Å²) in [6, 6.07) is 18.1. The average molecular weight is 268 g/mol. The SMILES string of the molecule is CC(C=O)Cc1ccc(C(=S)c2ccccc2)cc1. The first-order valence-electron chi connectivity index (χ1n) is 6.34. The molecule has 0 radical (unpaired) electrons. The van der Waals surface area contributed by atoms with Crippen LogP contribution < -0.4 is 0 Å². The Kier molecular flexibility index (Phi) is 4.58. The highest BCUT2D eigenvalue weighted by Crippen LogP contribution is 2.14. The van der Waals surface area contributed by atoms with Crippen LogP contribution in [0.15, 0.2) is 54.6 Å². The van der Waals surface area contributed by atoms with Gasteiger partial charge in [0.15, 0.2) is 0 Å². The maximum absolute atomic E-state index is 10.6. The van der Waals surface area contributed by atoms with Gasteiger partial charge in [-0.1, -0.05) is 73.7 Å². The van der Waals surface area contributed by atoms with E-state index in [1.807, 2.05) is 61.5 Å². The van der Waals surface area contributed by atoms with Crippen molar-refractivity contribution in [3.8, 4) is 0 Å². The monoisotopic (exact) mass is 268 g/mol. The first-order chi connectivity index (χ1) is 9.20. The standard InChI is InChI=1S/C17H16OS/c1-13(12-18)11-14-7-9-16(10-8-14)17(19)15-5-3-2-4-6-15/h2-10,12-13H,11H2,1H3. The fourth-order valence-electron chi connectivity index (χ4n) is 1.97. The average Bonchev–Trinajstić information content (AvgIpc) is 2.48. The highest BCUT2D eigenvalue weighted by atomic mass is 32.1. The molecule has 2 rings (SSSR count). The van der Waals surface area contributed by atoms with Gasteiger partial charge in [0, 0.05) is 5.92 Å². The van der Waals surface area contributed by atoms with Crippen LogP contribution in [0.5, 0.6) is 0 Å². The Bertz CT molecular complexity index is 558. The third-order valence-corrected chi connectivity index (χ3v) is 3.51. The molecule has 0 N–H and O–H groups in total. The minimum Gasteiger partial charge on any atom is -0.303 e. The molecule has 0 bridgehead atoms. The first kappa shape index (κ1) is 13.6. The fraction of sp³-hybridized carbons (Fsp3) is 0.176. The number of carbonyl (C=O) groups is 1. The van der Waals surface area contributed by atoms with Crippen LogP contribution in [0.1, 0.15) is 23.6 Å². The molecule has 0 aliphatic rings. The summed E-state index contributed by atoms with van der Waals surface area (Å²) in [6.07, 6.45) is 1.77. The van der Waals surface area contributed by atoms with Crippen molar-refractivity contribution in [3.05, 3.63) is 71.3 Å². The largest absolute Gasteiger partial charge is 0.303 e. The van der Waals surface area contributed by atoms with Gasteiger partial charge in [-0.25, -0.2) is 0 Å². The Morgan fingerprint density at radius 1 is 1.05 bits per heavy atom. The van der Waals surface area contributed by atoms with Gasteiger partial charge >= 0.3 is 0 Å². The zero-order valence-electron chi connectivity index (χ0n) is 10.9. The van der Waals surface area contributed by atoms with Crippen molar-refractivity contribution in [1.82, 2.24) is 0 Å². The van der Waals surface area contributed by atoms with Gasteiger partial charge in [-0.2, -0.15) is 0 Å². The minimum absolute atomic E-state index is 0.0620. The van der Waals surface area contributed by atoms with Gasteiger partial charge in [0.2, 0.25) is 0 Å². The van der Waals surface area contributed by atoms with Gasteiger partial charge in [-0.05, 0) is 23.1 Å². The van der Waals surface area contributed by atoms with E-state index in [9.17, 15) is 4.79 Å². The first-order valence-corrected chi connectivity index (χ1v) is 6.75. The van der Waals surface area contributed by atoms with E-state index in [1.54, 1.807) is 0 Å². The summed E-state index contributed by atoms with van der Waals surface area (Å²) < 4.78 is 0. The van der Waals surface area contributed by atoms with Gasteiger partial charge in [0.05, 0.1) is 4.86 Å². The Morgan fingerprint density at radius 2 is 1.63 bits per heavy atom. The molecule has 2 heteroatoms. The number of thiocarbonyl (C=S) groups is 1. The normalized spacial score (nSPS) is 11.8. The molecule has 0 aliphatic heterocycles. The lowest BCUT2D eigenvalue weighted by Crippen LogP contribution is -2.02. The van der Waals surface area contributed by atoms with Crippen molar-refractivity contribution in [2.75, 3.05) is 0 Å². The van der Waals surface area contributed by atoms with Crippen LogP contribution in [0.3, 0.4) is 0 Å². The van der Waals surface area contributed by atoms with E-state index < -0.39 is 0 Å². The summed E-state index contributed by atoms with van der Waals surface area (Å²) in [5.41, 5.74) is 3.27. The molecule has 0 heterocycles. The molecule has 2 aromatic carbocycles. The molecule has 1 atom stereocenters. The summed E-state index contributed by atoms with van der Waals surface area (Å²) in [7, 11) is 0. The molecular formula is C17H16OS. The summed E-state index contributed by atoms with van der Waals surface area (Å²) in [5, 5.41) is 0. The Hall–Kier alpha value is -1.80. The van der Waals surface area contributed by atoms with Crippen LogP contribution in [0.25, 0.3) is 0 Å². The van der Waals surface area contributed by atoms with E-state index in [4.69, 9.17) is 12.2 Å². The lowest BCUT2D eigenvalue weighted by atomic mass is 9.99. The molecule has 0 spiro atoms. The molecular weight excluding hydrogens is 252 g/mol. The van der Waals surface area contributed by atoms with Crippen molar-refractivity contribution in [2.45, 2.75) is 13.3 Å². The van der Waals surface area contributed by atoms with Crippen molar-refractivity contribution in [3.63, 3.8) is 0 Å². The highest BCUT2D eigenvalue weighted by Gasteiger charge is 2.05. The van der Waals surface area contributed by atoms with E-state index in [1.165, 1.54) is 5.56 Å².